The van der Waals surface area contributed by atoms with E-state index in [9.17, 15) is 14.4 Å². The lowest BCUT2D eigenvalue weighted by Crippen LogP contribution is -2.53. The van der Waals surface area contributed by atoms with E-state index in [-0.39, 0.29) is 24.1 Å². The lowest BCUT2D eigenvalue weighted by Gasteiger charge is -2.43. The van der Waals surface area contributed by atoms with Gasteiger partial charge in [-0.05, 0) is 49.4 Å². The first-order chi connectivity index (χ1) is 21.4. The summed E-state index contributed by atoms with van der Waals surface area (Å²) in [7, 11) is 1.68. The first-order valence-corrected chi connectivity index (χ1v) is 16.0. The molecule has 11 heteroatoms. The molecule has 236 valence electrons. The van der Waals surface area contributed by atoms with Crippen LogP contribution >= 0.6 is 0 Å². The van der Waals surface area contributed by atoms with Gasteiger partial charge in [-0.3, -0.25) is 29.5 Å². The molecule has 0 aromatic heterocycles. The van der Waals surface area contributed by atoms with Crippen molar-refractivity contribution in [3.05, 3.63) is 47.0 Å². The van der Waals surface area contributed by atoms with E-state index in [1.807, 2.05) is 18.2 Å². The van der Waals surface area contributed by atoms with Crippen molar-refractivity contribution in [2.75, 3.05) is 75.4 Å². The Morgan fingerprint density at radius 1 is 1.02 bits per heavy atom. The average Bonchev–Trinajstić information content (AvgIpc) is 3.38. The third-order valence-corrected chi connectivity index (χ3v) is 9.87. The summed E-state index contributed by atoms with van der Waals surface area (Å²) in [4.78, 5) is 46.4. The number of amides is 3. The number of hydrogen-bond donors (Lipinski definition) is 3. The van der Waals surface area contributed by atoms with Gasteiger partial charge >= 0.3 is 0 Å². The summed E-state index contributed by atoms with van der Waals surface area (Å²) in [6, 6.07) is 9.92. The molecule has 3 saturated heterocycles. The van der Waals surface area contributed by atoms with Gasteiger partial charge in [-0.1, -0.05) is 13.0 Å². The molecule has 6 rings (SSSR count). The van der Waals surface area contributed by atoms with Gasteiger partial charge in [0.15, 0.2) is 0 Å². The Labute approximate surface area is 259 Å². The zero-order valence-corrected chi connectivity index (χ0v) is 25.9. The van der Waals surface area contributed by atoms with Crippen LogP contribution in [0.5, 0.6) is 5.75 Å². The highest BCUT2D eigenvalue weighted by atomic mass is 16.5. The summed E-state index contributed by atoms with van der Waals surface area (Å²) in [5, 5.41) is 5.93. The van der Waals surface area contributed by atoms with Gasteiger partial charge in [-0.2, -0.15) is 0 Å². The van der Waals surface area contributed by atoms with E-state index in [2.05, 4.69) is 44.4 Å². The maximum Gasteiger partial charge on any atom is 0.255 e. The molecular formula is C33H45N7O4. The topological polar surface area (TPSA) is 123 Å². The number of nitrogens with two attached hydrogens (primary N) is 1. The Bertz CT molecular complexity index is 1400. The molecule has 0 bridgehead atoms. The summed E-state index contributed by atoms with van der Waals surface area (Å²) in [6.45, 7) is 10.6. The van der Waals surface area contributed by atoms with Crippen LogP contribution in [0.3, 0.4) is 0 Å². The minimum Gasteiger partial charge on any atom is -0.495 e. The fourth-order valence-electron chi connectivity index (χ4n) is 7.31. The number of nitrogens with zero attached hydrogens (tertiary/aromatic N) is 4. The van der Waals surface area contributed by atoms with Crippen LogP contribution in [0.15, 0.2) is 30.3 Å². The molecule has 3 fully saturated rings. The van der Waals surface area contributed by atoms with Crippen molar-refractivity contribution in [1.29, 1.82) is 0 Å². The lowest BCUT2D eigenvalue weighted by atomic mass is 9.99. The van der Waals surface area contributed by atoms with Gasteiger partial charge in [0.1, 0.15) is 11.8 Å². The summed E-state index contributed by atoms with van der Waals surface area (Å²) < 4.78 is 5.51. The molecular weight excluding hydrogens is 558 g/mol. The lowest BCUT2D eigenvalue weighted by molar-refractivity contribution is -0.136. The van der Waals surface area contributed by atoms with E-state index in [1.54, 1.807) is 12.0 Å². The number of carbonyl (C=O) groups is 3. The number of imide groups is 1. The normalized spacial score (nSPS) is 21.9. The zero-order chi connectivity index (χ0) is 30.8. The molecule has 1 unspecified atom stereocenters. The maximum absolute atomic E-state index is 13.1. The predicted octanol–water partition coefficient (Wildman–Crippen LogP) is 2.30. The number of benzene rings is 2. The van der Waals surface area contributed by atoms with Crippen molar-refractivity contribution in [2.45, 2.75) is 57.7 Å². The molecule has 11 nitrogen and oxygen atoms in total. The van der Waals surface area contributed by atoms with Gasteiger partial charge in [-0.15, -0.1) is 0 Å². The summed E-state index contributed by atoms with van der Waals surface area (Å²) in [5.41, 5.74) is 11.9. The van der Waals surface area contributed by atoms with Crippen LogP contribution in [-0.2, 0) is 22.6 Å². The molecule has 0 spiro atoms. The highest BCUT2D eigenvalue weighted by Crippen LogP contribution is 2.35. The van der Waals surface area contributed by atoms with E-state index in [4.69, 9.17) is 10.5 Å². The number of piperidine rings is 2. The van der Waals surface area contributed by atoms with E-state index >= 15 is 0 Å². The van der Waals surface area contributed by atoms with Crippen molar-refractivity contribution < 1.29 is 19.1 Å². The molecule has 0 radical (unpaired) electrons. The molecule has 4 N–H and O–H groups in total. The molecule has 3 amide bonds. The second kappa shape index (κ2) is 13.0. The van der Waals surface area contributed by atoms with Gasteiger partial charge in [-0.25, -0.2) is 0 Å². The fraction of sp³-hybridized carbons (Fsp3) is 0.545. The number of anilines is 3. The molecule has 4 heterocycles. The quantitative estimate of drug-likeness (QED) is 0.293. The van der Waals surface area contributed by atoms with E-state index in [1.165, 1.54) is 11.3 Å². The number of hydrogen-bond acceptors (Lipinski definition) is 9. The highest BCUT2D eigenvalue weighted by molar-refractivity contribution is 6.06. The van der Waals surface area contributed by atoms with Crippen LogP contribution in [0.2, 0.25) is 0 Å². The largest absolute Gasteiger partial charge is 0.495 e. The van der Waals surface area contributed by atoms with E-state index < -0.39 is 6.04 Å². The smallest absolute Gasteiger partial charge is 0.255 e. The number of ether oxygens (including phenoxy) is 1. The number of piperazine rings is 1. The van der Waals surface area contributed by atoms with Gasteiger partial charge in [0.25, 0.3) is 5.91 Å². The Balaban J connectivity index is 0.962. The fourth-order valence-corrected chi connectivity index (χ4v) is 7.31. The average molecular weight is 604 g/mol. The molecule has 2 aromatic rings. The minimum atomic E-state index is -0.598. The standard InChI is InChI=1S/C33H45N7O4/c1-3-22-19-26(34)30(44-2)20-29(22)39-12-9-23(10-13-39)38-17-15-37(16-18-38)14-11-35-27-6-4-5-24-25(27)21-40(33(24)43)28-7-8-31(41)36-32(28)42/h4-6,19-20,23,28,35H,3,7-18,21,34H2,1-2H3,(H,36,41,42). The van der Waals surface area contributed by atoms with Crippen LogP contribution in [-0.4, -0.2) is 104 Å². The van der Waals surface area contributed by atoms with Crippen LogP contribution in [0.4, 0.5) is 17.1 Å². The SMILES string of the molecule is CCc1cc(N)c(OC)cc1N1CCC(N2CCN(CCNc3cccc4c3CN(C3CCC(=O)NC3=O)C4=O)CC2)CC1. The highest BCUT2D eigenvalue weighted by Gasteiger charge is 2.40. The minimum absolute atomic E-state index is 0.140. The van der Waals surface area contributed by atoms with Gasteiger partial charge in [0.05, 0.1) is 12.8 Å². The Morgan fingerprint density at radius 3 is 2.50 bits per heavy atom. The van der Waals surface area contributed by atoms with E-state index in [0.29, 0.717) is 30.3 Å². The Kier molecular flexibility index (Phi) is 8.95. The van der Waals surface area contributed by atoms with E-state index in [0.717, 1.165) is 88.6 Å². The van der Waals surface area contributed by atoms with Crippen LogP contribution in [0.1, 0.15) is 54.1 Å². The molecule has 4 aliphatic heterocycles. The maximum atomic E-state index is 13.1. The zero-order valence-electron chi connectivity index (χ0n) is 25.9. The summed E-state index contributed by atoms with van der Waals surface area (Å²) in [6.07, 6.45) is 3.89. The Morgan fingerprint density at radius 2 is 1.80 bits per heavy atom. The first kappa shape index (κ1) is 30.2. The number of nitrogens with one attached hydrogen (secondary N) is 2. The van der Waals surface area contributed by atoms with Crippen molar-refractivity contribution in [2.24, 2.45) is 0 Å². The van der Waals surface area contributed by atoms with Crippen molar-refractivity contribution in [3.63, 3.8) is 0 Å². The molecule has 44 heavy (non-hydrogen) atoms. The first-order valence-electron chi connectivity index (χ1n) is 16.0. The molecule has 4 aliphatic rings. The van der Waals surface area contributed by atoms with Crippen LogP contribution in [0, 0.1) is 0 Å². The third-order valence-electron chi connectivity index (χ3n) is 9.87. The number of methoxy groups -OCH3 is 1. The molecule has 1 atom stereocenters. The number of rotatable bonds is 9. The van der Waals surface area contributed by atoms with Gasteiger partial charge in [0.2, 0.25) is 11.8 Å². The van der Waals surface area contributed by atoms with Gasteiger partial charge in [0, 0.05) is 99.9 Å². The summed E-state index contributed by atoms with van der Waals surface area (Å²) in [5.74, 6) is -0.0386. The second-order valence-electron chi connectivity index (χ2n) is 12.3. The predicted molar refractivity (Wildman–Crippen MR) is 171 cm³/mol. The van der Waals surface area contributed by atoms with Crippen molar-refractivity contribution in [3.8, 4) is 5.75 Å². The van der Waals surface area contributed by atoms with Crippen molar-refractivity contribution >= 4 is 34.8 Å². The van der Waals surface area contributed by atoms with Crippen LogP contribution in [0.25, 0.3) is 0 Å². The molecule has 2 aromatic carbocycles. The summed E-state index contributed by atoms with van der Waals surface area (Å²) >= 11 is 0. The van der Waals surface area contributed by atoms with Gasteiger partial charge < -0.3 is 25.6 Å². The monoisotopic (exact) mass is 603 g/mol. The molecule has 0 aliphatic carbocycles. The number of aryl methyl sites for hydroxylation is 1. The third kappa shape index (κ3) is 6.08. The second-order valence-corrected chi connectivity index (χ2v) is 12.3. The number of carbonyl (C=O) groups excluding carboxylic acids is 3. The Hall–Kier alpha value is -3.83. The van der Waals surface area contributed by atoms with Crippen LogP contribution < -0.4 is 26.0 Å². The molecule has 0 saturated carbocycles. The number of nitrogen functional groups attached to an aromatic ring is 1. The van der Waals surface area contributed by atoms with Crippen molar-refractivity contribution in [1.82, 2.24) is 20.0 Å². The number of fused-ring (bicyclic) bond motifs is 1.